The van der Waals surface area contributed by atoms with Crippen LogP contribution in [0.2, 0.25) is 10.2 Å². The molecule has 0 aliphatic carbocycles. The average molecular weight is 340 g/mol. The van der Waals surface area contributed by atoms with Crippen LogP contribution < -0.4 is 0 Å². The molecule has 0 atom stereocenters. The first kappa shape index (κ1) is 14.2. The Bertz CT molecular complexity index is 879. The fraction of sp³-hybridized carbons (Fsp3) is 0.0769. The van der Waals surface area contributed by atoms with Crippen molar-refractivity contribution in [3.8, 4) is 10.7 Å². The summed E-state index contributed by atoms with van der Waals surface area (Å²) in [5, 5.41) is 13.8. The quantitative estimate of drug-likeness (QED) is 0.379. The molecule has 0 saturated carbocycles. The molecule has 0 amide bonds. The van der Waals surface area contributed by atoms with Crippen LogP contribution in [0.5, 0.6) is 0 Å². The van der Waals surface area contributed by atoms with Crippen molar-refractivity contribution in [1.82, 2.24) is 9.97 Å². The molecule has 8 heteroatoms. The molecule has 0 aliphatic heterocycles. The number of rotatable bonds is 2. The van der Waals surface area contributed by atoms with E-state index < -0.39 is 4.92 Å². The SMILES string of the molecule is Cc1csc(-c2nc(Cl)c3c([N+](=O)[O-])cccc3n2)c1Cl. The molecule has 106 valence electrons. The molecule has 2 heterocycles. The molecule has 0 unspecified atom stereocenters. The van der Waals surface area contributed by atoms with Crippen molar-refractivity contribution < 1.29 is 4.92 Å². The van der Waals surface area contributed by atoms with Crippen molar-refractivity contribution in [2.75, 3.05) is 0 Å². The highest BCUT2D eigenvalue weighted by Gasteiger charge is 2.19. The number of aryl methyl sites for hydroxylation is 1. The number of thiophene rings is 1. The van der Waals surface area contributed by atoms with E-state index in [1.165, 1.54) is 17.4 Å². The van der Waals surface area contributed by atoms with E-state index >= 15 is 0 Å². The number of nitro groups is 1. The maximum Gasteiger partial charge on any atom is 0.281 e. The van der Waals surface area contributed by atoms with Crippen molar-refractivity contribution in [3.63, 3.8) is 0 Å². The van der Waals surface area contributed by atoms with E-state index in [0.717, 1.165) is 5.56 Å². The molecule has 2 aromatic heterocycles. The van der Waals surface area contributed by atoms with Gasteiger partial charge in [-0.05, 0) is 23.9 Å². The lowest BCUT2D eigenvalue weighted by Crippen LogP contribution is -1.95. The van der Waals surface area contributed by atoms with Gasteiger partial charge in [-0.1, -0.05) is 29.3 Å². The Balaban J connectivity index is 2.30. The molecule has 0 fully saturated rings. The number of nitro benzene ring substituents is 1. The van der Waals surface area contributed by atoms with E-state index in [-0.39, 0.29) is 16.2 Å². The van der Waals surface area contributed by atoms with Crippen LogP contribution in [0.25, 0.3) is 21.6 Å². The number of hydrogen-bond acceptors (Lipinski definition) is 5. The average Bonchev–Trinajstić information content (AvgIpc) is 2.78. The minimum absolute atomic E-state index is 0.0458. The second-order valence-corrected chi connectivity index (χ2v) is 5.94. The molecule has 0 saturated heterocycles. The van der Waals surface area contributed by atoms with Crippen LogP contribution in [0.4, 0.5) is 5.69 Å². The second kappa shape index (κ2) is 5.22. The topological polar surface area (TPSA) is 68.9 Å². The van der Waals surface area contributed by atoms with E-state index in [4.69, 9.17) is 23.2 Å². The van der Waals surface area contributed by atoms with Gasteiger partial charge in [-0.2, -0.15) is 0 Å². The monoisotopic (exact) mass is 339 g/mol. The largest absolute Gasteiger partial charge is 0.281 e. The van der Waals surface area contributed by atoms with Crippen molar-refractivity contribution in [1.29, 1.82) is 0 Å². The van der Waals surface area contributed by atoms with Crippen molar-refractivity contribution in [3.05, 3.63) is 49.4 Å². The number of aromatic nitrogens is 2. The number of fused-ring (bicyclic) bond motifs is 1. The molecule has 5 nitrogen and oxygen atoms in total. The zero-order valence-electron chi connectivity index (χ0n) is 10.6. The third-order valence-corrected chi connectivity index (χ3v) is 4.92. The first-order valence-corrected chi connectivity index (χ1v) is 7.47. The first-order chi connectivity index (χ1) is 9.99. The molecule has 0 spiro atoms. The highest BCUT2D eigenvalue weighted by atomic mass is 35.5. The maximum atomic E-state index is 11.1. The van der Waals surface area contributed by atoms with Gasteiger partial charge in [0.2, 0.25) is 0 Å². The van der Waals surface area contributed by atoms with E-state index in [1.54, 1.807) is 12.1 Å². The summed E-state index contributed by atoms with van der Waals surface area (Å²) < 4.78 is 0. The van der Waals surface area contributed by atoms with Crippen LogP contribution in [-0.4, -0.2) is 14.9 Å². The number of nitrogens with zero attached hydrogens (tertiary/aromatic N) is 3. The van der Waals surface area contributed by atoms with Crippen LogP contribution in [0, 0.1) is 17.0 Å². The van der Waals surface area contributed by atoms with Gasteiger partial charge in [0.1, 0.15) is 10.5 Å². The Kier molecular flexibility index (Phi) is 3.52. The summed E-state index contributed by atoms with van der Waals surface area (Å²) >= 11 is 13.7. The molecular weight excluding hydrogens is 333 g/mol. The Labute approximate surface area is 133 Å². The second-order valence-electron chi connectivity index (χ2n) is 4.33. The third kappa shape index (κ3) is 2.35. The molecule has 1 aromatic carbocycles. The summed E-state index contributed by atoms with van der Waals surface area (Å²) in [6.45, 7) is 1.88. The van der Waals surface area contributed by atoms with Gasteiger partial charge in [0.25, 0.3) is 5.69 Å². The zero-order chi connectivity index (χ0) is 15.1. The highest BCUT2D eigenvalue weighted by molar-refractivity contribution is 7.14. The van der Waals surface area contributed by atoms with Gasteiger partial charge < -0.3 is 0 Å². The minimum Gasteiger partial charge on any atom is -0.258 e. The predicted octanol–water partition coefficient (Wildman–Crippen LogP) is 4.88. The van der Waals surface area contributed by atoms with Crippen LogP contribution >= 0.6 is 34.5 Å². The van der Waals surface area contributed by atoms with E-state index in [9.17, 15) is 10.1 Å². The van der Waals surface area contributed by atoms with Crippen molar-refractivity contribution in [2.45, 2.75) is 6.92 Å². The van der Waals surface area contributed by atoms with Crippen LogP contribution in [-0.2, 0) is 0 Å². The number of halogens is 2. The highest BCUT2D eigenvalue weighted by Crippen LogP contribution is 2.37. The fourth-order valence-corrected chi connectivity index (χ4v) is 3.44. The zero-order valence-corrected chi connectivity index (χ0v) is 13.0. The Morgan fingerprint density at radius 1 is 1.29 bits per heavy atom. The minimum atomic E-state index is -0.500. The summed E-state index contributed by atoms with van der Waals surface area (Å²) in [4.78, 5) is 19.8. The molecule has 0 aliphatic rings. The molecule has 3 aromatic rings. The first-order valence-electron chi connectivity index (χ1n) is 5.83. The Hall–Kier alpha value is -1.76. The van der Waals surface area contributed by atoms with Crippen LogP contribution in [0.15, 0.2) is 23.6 Å². The maximum absolute atomic E-state index is 11.1. The van der Waals surface area contributed by atoms with Gasteiger partial charge in [0, 0.05) is 6.07 Å². The van der Waals surface area contributed by atoms with Gasteiger partial charge in [-0.3, -0.25) is 10.1 Å². The third-order valence-electron chi connectivity index (χ3n) is 2.96. The van der Waals surface area contributed by atoms with E-state index in [1.807, 2.05) is 12.3 Å². The van der Waals surface area contributed by atoms with Crippen LogP contribution in [0.1, 0.15) is 5.56 Å². The summed E-state index contributed by atoms with van der Waals surface area (Å²) in [5.74, 6) is 0.371. The number of non-ortho nitro benzene ring substituents is 1. The molecule has 21 heavy (non-hydrogen) atoms. The predicted molar refractivity (Wildman–Crippen MR) is 84.3 cm³/mol. The number of hydrogen-bond donors (Lipinski definition) is 0. The van der Waals surface area contributed by atoms with E-state index in [0.29, 0.717) is 21.2 Å². The van der Waals surface area contributed by atoms with Crippen molar-refractivity contribution in [2.24, 2.45) is 0 Å². The molecule has 0 radical (unpaired) electrons. The molecule has 3 rings (SSSR count). The lowest BCUT2D eigenvalue weighted by atomic mass is 10.2. The summed E-state index contributed by atoms with van der Waals surface area (Å²) in [5.41, 5.74) is 1.23. The summed E-state index contributed by atoms with van der Waals surface area (Å²) in [6, 6.07) is 4.60. The summed E-state index contributed by atoms with van der Waals surface area (Å²) in [7, 11) is 0. The summed E-state index contributed by atoms with van der Waals surface area (Å²) in [6.07, 6.45) is 0. The normalized spacial score (nSPS) is 11.0. The molecule has 0 N–H and O–H groups in total. The Morgan fingerprint density at radius 2 is 2.05 bits per heavy atom. The lowest BCUT2D eigenvalue weighted by molar-refractivity contribution is -0.383. The van der Waals surface area contributed by atoms with Crippen LogP contribution in [0.3, 0.4) is 0 Å². The van der Waals surface area contributed by atoms with E-state index in [2.05, 4.69) is 9.97 Å². The standard InChI is InChI=1S/C13H7Cl2N3O2S/c1-6-5-21-11(10(6)14)13-16-7-3-2-4-8(18(19)20)9(7)12(15)17-13/h2-5H,1H3. The van der Waals surface area contributed by atoms with Gasteiger partial charge in [0.15, 0.2) is 5.82 Å². The molecule has 0 bridgehead atoms. The van der Waals surface area contributed by atoms with Gasteiger partial charge in [0.05, 0.1) is 20.3 Å². The number of benzene rings is 1. The fourth-order valence-electron chi connectivity index (χ4n) is 1.96. The molecular formula is C13H7Cl2N3O2S. The van der Waals surface area contributed by atoms with Crippen molar-refractivity contribution >= 4 is 51.1 Å². The van der Waals surface area contributed by atoms with Gasteiger partial charge in [-0.15, -0.1) is 11.3 Å². The van der Waals surface area contributed by atoms with Gasteiger partial charge >= 0.3 is 0 Å². The Morgan fingerprint density at radius 3 is 2.67 bits per heavy atom. The van der Waals surface area contributed by atoms with Gasteiger partial charge in [-0.25, -0.2) is 9.97 Å². The lowest BCUT2D eigenvalue weighted by Gasteiger charge is -2.04. The smallest absolute Gasteiger partial charge is 0.258 e.